The fraction of sp³-hybridized carbons (Fsp3) is 0.190. The van der Waals surface area contributed by atoms with E-state index < -0.39 is 5.63 Å². The lowest BCUT2D eigenvalue weighted by Crippen LogP contribution is -2.03. The molecule has 1 heterocycles. The minimum Gasteiger partial charge on any atom is -0.497 e. The lowest BCUT2D eigenvalue weighted by Gasteiger charge is -2.08. The Morgan fingerprint density at radius 1 is 0.778 bits per heavy atom. The molecule has 27 heavy (non-hydrogen) atoms. The summed E-state index contributed by atoms with van der Waals surface area (Å²) in [4.78, 5) is 12.4. The molecule has 1 aromatic heterocycles. The molecule has 3 aromatic rings. The maximum Gasteiger partial charge on any atom is 0.347 e. The second kappa shape index (κ2) is 7.86. The molecule has 0 saturated carbocycles. The summed E-state index contributed by atoms with van der Waals surface area (Å²) >= 11 is 0. The molecule has 140 valence electrons. The molecule has 0 atom stereocenters. The number of hydrogen-bond donors (Lipinski definition) is 0. The van der Waals surface area contributed by atoms with Crippen LogP contribution in [0.2, 0.25) is 0 Å². The van der Waals surface area contributed by atoms with E-state index >= 15 is 0 Å². The SMILES string of the molecule is COc1cc(OC)c2c(=O)oc(/C=C/c3ccc(OC)c(OC)c3)cc2c1. The standard InChI is InChI=1S/C21H20O6/c1-23-16-11-14-10-15(27-21(22)20(14)19(12-16)26-4)7-5-13-6-8-17(24-2)18(9-13)25-3/h5-12H,1-4H3/b7-5+. The Labute approximate surface area is 156 Å². The van der Waals surface area contributed by atoms with Crippen LogP contribution in [0.25, 0.3) is 22.9 Å². The zero-order chi connectivity index (χ0) is 19.4. The van der Waals surface area contributed by atoms with E-state index in [0.29, 0.717) is 39.5 Å². The summed E-state index contributed by atoms with van der Waals surface area (Å²) in [6.45, 7) is 0. The summed E-state index contributed by atoms with van der Waals surface area (Å²) in [5.74, 6) is 2.69. The minimum atomic E-state index is -0.473. The summed E-state index contributed by atoms with van der Waals surface area (Å²) in [7, 11) is 6.22. The van der Waals surface area contributed by atoms with Crippen molar-refractivity contribution in [3.8, 4) is 23.0 Å². The topological polar surface area (TPSA) is 67.1 Å². The Hall–Kier alpha value is -3.41. The van der Waals surface area contributed by atoms with Gasteiger partial charge in [-0.3, -0.25) is 0 Å². The molecule has 0 unspecified atom stereocenters. The van der Waals surface area contributed by atoms with Crippen molar-refractivity contribution in [1.82, 2.24) is 0 Å². The molecule has 6 nitrogen and oxygen atoms in total. The van der Waals surface area contributed by atoms with E-state index in [-0.39, 0.29) is 0 Å². The number of fused-ring (bicyclic) bond motifs is 1. The number of methoxy groups -OCH3 is 4. The Bertz CT molecular complexity index is 1050. The second-order valence-corrected chi connectivity index (χ2v) is 5.68. The second-order valence-electron chi connectivity index (χ2n) is 5.68. The highest BCUT2D eigenvalue weighted by molar-refractivity contribution is 5.90. The third kappa shape index (κ3) is 3.74. The van der Waals surface area contributed by atoms with Crippen LogP contribution in [0, 0.1) is 0 Å². The first-order valence-corrected chi connectivity index (χ1v) is 8.19. The van der Waals surface area contributed by atoms with Gasteiger partial charge < -0.3 is 23.4 Å². The molecule has 0 amide bonds. The highest BCUT2D eigenvalue weighted by atomic mass is 16.5. The third-order valence-corrected chi connectivity index (χ3v) is 4.12. The normalized spacial score (nSPS) is 11.0. The van der Waals surface area contributed by atoms with Gasteiger partial charge in [0.15, 0.2) is 11.5 Å². The molecule has 2 aromatic carbocycles. The van der Waals surface area contributed by atoms with Crippen molar-refractivity contribution >= 4 is 22.9 Å². The van der Waals surface area contributed by atoms with E-state index in [0.717, 1.165) is 5.56 Å². The highest BCUT2D eigenvalue weighted by Crippen LogP contribution is 2.30. The Kier molecular flexibility index (Phi) is 5.35. The van der Waals surface area contributed by atoms with Gasteiger partial charge in [-0.15, -0.1) is 0 Å². The molecule has 0 saturated heterocycles. The average Bonchev–Trinajstić information content (AvgIpc) is 2.70. The smallest absolute Gasteiger partial charge is 0.347 e. The van der Waals surface area contributed by atoms with Crippen molar-refractivity contribution in [3.63, 3.8) is 0 Å². The van der Waals surface area contributed by atoms with Crippen LogP contribution in [0.5, 0.6) is 23.0 Å². The zero-order valence-corrected chi connectivity index (χ0v) is 15.6. The van der Waals surface area contributed by atoms with Crippen LogP contribution in [0.4, 0.5) is 0 Å². The molecule has 0 N–H and O–H groups in total. The van der Waals surface area contributed by atoms with Gasteiger partial charge in [-0.25, -0.2) is 4.79 Å². The van der Waals surface area contributed by atoms with E-state index in [4.69, 9.17) is 23.4 Å². The van der Waals surface area contributed by atoms with Crippen LogP contribution in [-0.2, 0) is 0 Å². The molecule has 0 aliphatic rings. The predicted octanol–water partition coefficient (Wildman–Crippen LogP) is 4.00. The number of rotatable bonds is 6. The zero-order valence-electron chi connectivity index (χ0n) is 15.6. The van der Waals surface area contributed by atoms with Gasteiger partial charge in [0.2, 0.25) is 0 Å². The predicted molar refractivity (Wildman–Crippen MR) is 104 cm³/mol. The fourth-order valence-corrected chi connectivity index (χ4v) is 2.78. The summed E-state index contributed by atoms with van der Waals surface area (Å²) < 4.78 is 26.5. The Morgan fingerprint density at radius 2 is 1.52 bits per heavy atom. The first-order valence-electron chi connectivity index (χ1n) is 8.19. The van der Waals surface area contributed by atoms with Gasteiger partial charge in [0, 0.05) is 11.5 Å². The Morgan fingerprint density at radius 3 is 2.19 bits per heavy atom. The molecule has 3 rings (SSSR count). The van der Waals surface area contributed by atoms with E-state index in [2.05, 4.69) is 0 Å². The van der Waals surface area contributed by atoms with E-state index in [1.807, 2.05) is 24.3 Å². The van der Waals surface area contributed by atoms with Gasteiger partial charge in [-0.2, -0.15) is 0 Å². The van der Waals surface area contributed by atoms with Crippen LogP contribution in [0.3, 0.4) is 0 Å². The quantitative estimate of drug-likeness (QED) is 0.655. The van der Waals surface area contributed by atoms with Gasteiger partial charge in [0.05, 0.1) is 28.4 Å². The van der Waals surface area contributed by atoms with Crippen molar-refractivity contribution in [1.29, 1.82) is 0 Å². The molecule has 0 radical (unpaired) electrons. The molecule has 0 aliphatic carbocycles. The van der Waals surface area contributed by atoms with E-state index in [9.17, 15) is 4.79 Å². The van der Waals surface area contributed by atoms with Crippen LogP contribution in [0.1, 0.15) is 11.3 Å². The fourth-order valence-electron chi connectivity index (χ4n) is 2.78. The minimum absolute atomic E-state index is 0.376. The maximum atomic E-state index is 12.4. The first-order chi connectivity index (χ1) is 13.1. The van der Waals surface area contributed by atoms with Crippen LogP contribution >= 0.6 is 0 Å². The summed E-state index contributed by atoms with van der Waals surface area (Å²) in [6.07, 6.45) is 3.54. The first kappa shape index (κ1) is 18.4. The number of hydrogen-bond acceptors (Lipinski definition) is 6. The van der Waals surface area contributed by atoms with Crippen molar-refractivity contribution < 1.29 is 23.4 Å². The van der Waals surface area contributed by atoms with Crippen LogP contribution in [-0.4, -0.2) is 28.4 Å². The largest absolute Gasteiger partial charge is 0.497 e. The number of benzene rings is 2. The van der Waals surface area contributed by atoms with Crippen molar-refractivity contribution in [2.24, 2.45) is 0 Å². The third-order valence-electron chi connectivity index (χ3n) is 4.12. The molecule has 0 fully saturated rings. The van der Waals surface area contributed by atoms with Crippen LogP contribution < -0.4 is 24.6 Å². The molecule has 0 spiro atoms. The number of ether oxygens (including phenoxy) is 4. The molecular formula is C21H20O6. The molecular weight excluding hydrogens is 348 g/mol. The van der Waals surface area contributed by atoms with Crippen LogP contribution in [0.15, 0.2) is 45.6 Å². The van der Waals surface area contributed by atoms with Gasteiger partial charge in [-0.05, 0) is 35.9 Å². The van der Waals surface area contributed by atoms with Gasteiger partial charge in [-0.1, -0.05) is 12.1 Å². The average molecular weight is 368 g/mol. The summed E-state index contributed by atoms with van der Waals surface area (Å²) in [5.41, 5.74) is 0.401. The highest BCUT2D eigenvalue weighted by Gasteiger charge is 2.11. The van der Waals surface area contributed by atoms with Crippen molar-refractivity contribution in [3.05, 3.63) is 58.1 Å². The lowest BCUT2D eigenvalue weighted by atomic mass is 10.1. The molecule has 0 bridgehead atoms. The monoisotopic (exact) mass is 368 g/mol. The van der Waals surface area contributed by atoms with E-state index in [1.165, 1.54) is 7.11 Å². The van der Waals surface area contributed by atoms with Gasteiger partial charge in [0.1, 0.15) is 22.6 Å². The maximum absolute atomic E-state index is 12.4. The molecule has 6 heteroatoms. The van der Waals surface area contributed by atoms with E-state index in [1.54, 1.807) is 45.6 Å². The summed E-state index contributed by atoms with van der Waals surface area (Å²) in [6, 6.07) is 10.7. The van der Waals surface area contributed by atoms with Gasteiger partial charge >= 0.3 is 5.63 Å². The lowest BCUT2D eigenvalue weighted by molar-refractivity contribution is 0.355. The van der Waals surface area contributed by atoms with Crippen molar-refractivity contribution in [2.75, 3.05) is 28.4 Å². The Balaban J connectivity index is 2.02. The van der Waals surface area contributed by atoms with Crippen molar-refractivity contribution in [2.45, 2.75) is 0 Å². The molecule has 0 aliphatic heterocycles. The summed E-state index contributed by atoms with van der Waals surface area (Å²) in [5, 5.41) is 1.05. The van der Waals surface area contributed by atoms with Gasteiger partial charge in [0.25, 0.3) is 0 Å².